The third kappa shape index (κ3) is 2.34. The summed E-state index contributed by atoms with van der Waals surface area (Å²) in [7, 11) is 1.50. The van der Waals surface area contributed by atoms with Crippen LogP contribution in [0, 0.1) is 0 Å². The standard InChI is InChI=1S/C14H17N3O3/c1-19-12-7-8(3-5-11(12)18)13-16-14(20-17-13)9-2-4-10(15)6-9/h3,5,7,9-10,18H,2,4,6,15H2,1H3. The zero-order valence-electron chi connectivity index (χ0n) is 11.2. The van der Waals surface area contributed by atoms with Crippen molar-refractivity contribution < 1.29 is 14.4 Å². The number of nitrogens with zero attached hydrogens (tertiary/aromatic N) is 2. The van der Waals surface area contributed by atoms with Gasteiger partial charge in [-0.3, -0.25) is 0 Å². The molecule has 20 heavy (non-hydrogen) atoms. The molecule has 3 rings (SSSR count). The highest BCUT2D eigenvalue weighted by molar-refractivity contribution is 5.60. The number of benzene rings is 1. The lowest BCUT2D eigenvalue weighted by atomic mass is 10.1. The molecule has 0 aliphatic heterocycles. The van der Waals surface area contributed by atoms with Crippen molar-refractivity contribution in [1.82, 2.24) is 10.1 Å². The summed E-state index contributed by atoms with van der Waals surface area (Å²) in [4.78, 5) is 4.43. The number of hydrogen-bond donors (Lipinski definition) is 2. The molecule has 1 aromatic carbocycles. The van der Waals surface area contributed by atoms with E-state index in [1.54, 1.807) is 18.2 Å². The molecular formula is C14H17N3O3. The van der Waals surface area contributed by atoms with E-state index in [0.29, 0.717) is 17.5 Å². The summed E-state index contributed by atoms with van der Waals surface area (Å²) in [5.41, 5.74) is 6.65. The van der Waals surface area contributed by atoms with Crippen LogP contribution in [0.3, 0.4) is 0 Å². The van der Waals surface area contributed by atoms with Gasteiger partial charge in [-0.25, -0.2) is 0 Å². The molecule has 1 saturated carbocycles. The van der Waals surface area contributed by atoms with Gasteiger partial charge in [-0.15, -0.1) is 0 Å². The summed E-state index contributed by atoms with van der Waals surface area (Å²) in [6.45, 7) is 0. The zero-order valence-corrected chi connectivity index (χ0v) is 11.2. The van der Waals surface area contributed by atoms with E-state index in [-0.39, 0.29) is 17.7 Å². The van der Waals surface area contributed by atoms with Gasteiger partial charge in [-0.05, 0) is 37.5 Å². The predicted octanol–water partition coefficient (Wildman–Crippen LogP) is 2.05. The second kappa shape index (κ2) is 5.13. The molecule has 1 aromatic heterocycles. The van der Waals surface area contributed by atoms with E-state index >= 15 is 0 Å². The number of methoxy groups -OCH3 is 1. The molecule has 0 spiro atoms. The molecular weight excluding hydrogens is 258 g/mol. The molecule has 2 unspecified atom stereocenters. The maximum atomic E-state index is 9.59. The second-order valence-corrected chi connectivity index (χ2v) is 5.11. The van der Waals surface area contributed by atoms with Crippen molar-refractivity contribution in [2.75, 3.05) is 7.11 Å². The first-order chi connectivity index (χ1) is 9.67. The van der Waals surface area contributed by atoms with Gasteiger partial charge < -0.3 is 20.1 Å². The lowest BCUT2D eigenvalue weighted by Crippen LogP contribution is -2.14. The normalized spacial score (nSPS) is 22.1. The molecule has 1 aliphatic rings. The molecule has 1 fully saturated rings. The molecule has 0 amide bonds. The van der Waals surface area contributed by atoms with Gasteiger partial charge in [-0.2, -0.15) is 4.98 Å². The Morgan fingerprint density at radius 1 is 1.40 bits per heavy atom. The summed E-state index contributed by atoms with van der Waals surface area (Å²) in [5.74, 6) is 1.86. The molecule has 2 aromatic rings. The molecule has 3 N–H and O–H groups in total. The monoisotopic (exact) mass is 275 g/mol. The van der Waals surface area contributed by atoms with E-state index in [9.17, 15) is 5.11 Å². The Labute approximate surface area is 116 Å². The van der Waals surface area contributed by atoms with Crippen LogP contribution in [0.5, 0.6) is 11.5 Å². The van der Waals surface area contributed by atoms with Crippen LogP contribution in [0.15, 0.2) is 22.7 Å². The SMILES string of the molecule is COc1cc(-c2noc(C3CCC(N)C3)n2)ccc1O. The minimum absolute atomic E-state index is 0.0849. The fraction of sp³-hybridized carbons (Fsp3) is 0.429. The number of nitrogens with two attached hydrogens (primary N) is 1. The highest BCUT2D eigenvalue weighted by Gasteiger charge is 2.28. The van der Waals surface area contributed by atoms with E-state index in [1.165, 1.54) is 7.11 Å². The number of aromatic hydroxyl groups is 1. The molecule has 0 radical (unpaired) electrons. The van der Waals surface area contributed by atoms with Gasteiger partial charge in [0.1, 0.15) is 0 Å². The summed E-state index contributed by atoms with van der Waals surface area (Å²) in [5, 5.41) is 13.6. The van der Waals surface area contributed by atoms with Crippen molar-refractivity contribution >= 4 is 0 Å². The summed E-state index contributed by atoms with van der Waals surface area (Å²) < 4.78 is 10.4. The Balaban J connectivity index is 1.86. The van der Waals surface area contributed by atoms with Crippen LogP contribution in [0.4, 0.5) is 0 Å². The Bertz CT molecular complexity index is 611. The van der Waals surface area contributed by atoms with Crippen LogP contribution in [0.25, 0.3) is 11.4 Å². The van der Waals surface area contributed by atoms with Gasteiger partial charge in [-0.1, -0.05) is 5.16 Å². The lowest BCUT2D eigenvalue weighted by Gasteiger charge is -2.04. The van der Waals surface area contributed by atoms with Crippen LogP contribution in [0.1, 0.15) is 31.1 Å². The molecule has 106 valence electrons. The molecule has 0 saturated heterocycles. The molecule has 0 bridgehead atoms. The second-order valence-electron chi connectivity index (χ2n) is 5.11. The Morgan fingerprint density at radius 3 is 2.95 bits per heavy atom. The minimum atomic E-state index is 0.0849. The Morgan fingerprint density at radius 2 is 2.25 bits per heavy atom. The number of phenolic OH excluding ortho intramolecular Hbond substituents is 1. The zero-order chi connectivity index (χ0) is 14.1. The van der Waals surface area contributed by atoms with Gasteiger partial charge in [0, 0.05) is 17.5 Å². The fourth-order valence-electron chi connectivity index (χ4n) is 2.58. The summed E-state index contributed by atoms with van der Waals surface area (Å²) in [6.07, 6.45) is 2.87. The predicted molar refractivity (Wildman–Crippen MR) is 72.5 cm³/mol. The van der Waals surface area contributed by atoms with Crippen molar-refractivity contribution in [1.29, 1.82) is 0 Å². The minimum Gasteiger partial charge on any atom is -0.504 e. The van der Waals surface area contributed by atoms with E-state index < -0.39 is 0 Å². The van der Waals surface area contributed by atoms with E-state index in [2.05, 4.69) is 10.1 Å². The van der Waals surface area contributed by atoms with Crippen molar-refractivity contribution in [2.24, 2.45) is 5.73 Å². The summed E-state index contributed by atoms with van der Waals surface area (Å²) >= 11 is 0. The van der Waals surface area contributed by atoms with Gasteiger partial charge >= 0.3 is 0 Å². The fourth-order valence-corrected chi connectivity index (χ4v) is 2.58. The topological polar surface area (TPSA) is 94.4 Å². The van der Waals surface area contributed by atoms with Crippen molar-refractivity contribution in [3.63, 3.8) is 0 Å². The third-order valence-corrected chi connectivity index (χ3v) is 3.70. The highest BCUT2D eigenvalue weighted by Crippen LogP contribution is 2.34. The molecule has 2 atom stereocenters. The van der Waals surface area contributed by atoms with Gasteiger partial charge in [0.25, 0.3) is 0 Å². The number of phenols is 1. The highest BCUT2D eigenvalue weighted by atomic mass is 16.5. The smallest absolute Gasteiger partial charge is 0.230 e. The number of ether oxygens (including phenoxy) is 1. The van der Waals surface area contributed by atoms with E-state index in [0.717, 1.165) is 24.8 Å². The van der Waals surface area contributed by atoms with Crippen molar-refractivity contribution in [3.8, 4) is 22.9 Å². The average molecular weight is 275 g/mol. The maximum absolute atomic E-state index is 9.59. The molecule has 1 aliphatic carbocycles. The molecule has 6 heteroatoms. The average Bonchev–Trinajstić information content (AvgIpc) is 3.08. The van der Waals surface area contributed by atoms with Crippen LogP contribution in [-0.2, 0) is 0 Å². The number of hydrogen-bond acceptors (Lipinski definition) is 6. The van der Waals surface area contributed by atoms with Gasteiger partial charge in [0.2, 0.25) is 11.7 Å². The summed E-state index contributed by atoms with van der Waals surface area (Å²) in [6, 6.07) is 5.19. The first-order valence-corrected chi connectivity index (χ1v) is 6.64. The van der Waals surface area contributed by atoms with E-state index in [4.69, 9.17) is 15.0 Å². The Kier molecular flexibility index (Phi) is 3.31. The number of rotatable bonds is 3. The molecule has 6 nitrogen and oxygen atoms in total. The van der Waals surface area contributed by atoms with Crippen LogP contribution >= 0.6 is 0 Å². The molecule has 1 heterocycles. The van der Waals surface area contributed by atoms with Crippen LogP contribution in [-0.4, -0.2) is 28.4 Å². The van der Waals surface area contributed by atoms with Crippen molar-refractivity contribution in [2.45, 2.75) is 31.2 Å². The van der Waals surface area contributed by atoms with Gasteiger partial charge in [0.05, 0.1) is 7.11 Å². The van der Waals surface area contributed by atoms with Gasteiger partial charge in [0.15, 0.2) is 11.5 Å². The van der Waals surface area contributed by atoms with E-state index in [1.807, 2.05) is 0 Å². The van der Waals surface area contributed by atoms with Crippen molar-refractivity contribution in [3.05, 3.63) is 24.1 Å². The number of aromatic nitrogens is 2. The maximum Gasteiger partial charge on any atom is 0.230 e. The van der Waals surface area contributed by atoms with Crippen LogP contribution in [0.2, 0.25) is 0 Å². The van der Waals surface area contributed by atoms with Crippen LogP contribution < -0.4 is 10.5 Å². The quantitative estimate of drug-likeness (QED) is 0.890. The first kappa shape index (κ1) is 12.9. The third-order valence-electron chi connectivity index (χ3n) is 3.70. The lowest BCUT2D eigenvalue weighted by molar-refractivity contribution is 0.353. The largest absolute Gasteiger partial charge is 0.504 e. The Hall–Kier alpha value is -2.08. The first-order valence-electron chi connectivity index (χ1n) is 6.64.